The SMILES string of the molecule is CCOc1cc(C)ccc1NCc1ccc(CC)o1. The summed E-state index contributed by atoms with van der Waals surface area (Å²) in [5.74, 6) is 2.86. The standard InChI is InChI=1S/C16H21NO2/c1-4-13-7-8-14(19-13)11-17-15-9-6-12(3)10-16(15)18-5-2/h6-10,17H,4-5,11H2,1-3H3. The van der Waals surface area contributed by atoms with Gasteiger partial charge in [-0.15, -0.1) is 0 Å². The van der Waals surface area contributed by atoms with Crippen LogP contribution in [0.5, 0.6) is 5.75 Å². The molecule has 0 bridgehead atoms. The maximum atomic E-state index is 5.67. The minimum atomic E-state index is 0.666. The van der Waals surface area contributed by atoms with Crippen molar-refractivity contribution in [2.24, 2.45) is 0 Å². The van der Waals surface area contributed by atoms with E-state index in [1.54, 1.807) is 0 Å². The molecule has 0 saturated heterocycles. The van der Waals surface area contributed by atoms with Gasteiger partial charge in [-0.3, -0.25) is 0 Å². The van der Waals surface area contributed by atoms with E-state index >= 15 is 0 Å². The second-order valence-corrected chi connectivity index (χ2v) is 4.51. The van der Waals surface area contributed by atoms with Crippen LogP contribution in [0.25, 0.3) is 0 Å². The van der Waals surface area contributed by atoms with E-state index in [2.05, 4.69) is 25.2 Å². The summed E-state index contributed by atoms with van der Waals surface area (Å²) in [6.45, 7) is 7.48. The van der Waals surface area contributed by atoms with Crippen molar-refractivity contribution >= 4 is 5.69 Å². The van der Waals surface area contributed by atoms with Gasteiger partial charge in [0.15, 0.2) is 0 Å². The van der Waals surface area contributed by atoms with E-state index in [9.17, 15) is 0 Å². The highest BCUT2D eigenvalue weighted by atomic mass is 16.5. The van der Waals surface area contributed by atoms with Crippen LogP contribution in [0.3, 0.4) is 0 Å². The molecule has 0 spiro atoms. The predicted octanol–water partition coefficient (Wildman–Crippen LogP) is 4.16. The molecule has 3 heteroatoms. The van der Waals surface area contributed by atoms with Crippen LogP contribution in [0.2, 0.25) is 0 Å². The number of furan rings is 1. The van der Waals surface area contributed by atoms with Crippen molar-refractivity contribution in [3.63, 3.8) is 0 Å². The Morgan fingerprint density at radius 2 is 1.89 bits per heavy atom. The summed E-state index contributed by atoms with van der Waals surface area (Å²) in [4.78, 5) is 0. The molecule has 2 aromatic rings. The molecule has 0 aliphatic carbocycles. The quantitative estimate of drug-likeness (QED) is 0.845. The van der Waals surface area contributed by atoms with Crippen molar-refractivity contribution < 1.29 is 9.15 Å². The molecule has 1 heterocycles. The summed E-state index contributed by atoms with van der Waals surface area (Å²) in [5, 5.41) is 3.36. The molecule has 102 valence electrons. The van der Waals surface area contributed by atoms with Crippen LogP contribution in [0.15, 0.2) is 34.7 Å². The molecule has 0 radical (unpaired) electrons. The summed E-state index contributed by atoms with van der Waals surface area (Å²) in [5.41, 5.74) is 2.20. The van der Waals surface area contributed by atoms with Crippen molar-refractivity contribution in [1.82, 2.24) is 0 Å². The van der Waals surface area contributed by atoms with E-state index < -0.39 is 0 Å². The zero-order valence-corrected chi connectivity index (χ0v) is 11.8. The Morgan fingerprint density at radius 1 is 1.11 bits per heavy atom. The van der Waals surface area contributed by atoms with E-state index in [-0.39, 0.29) is 0 Å². The number of aryl methyl sites for hydroxylation is 2. The third-order valence-electron chi connectivity index (χ3n) is 2.96. The lowest BCUT2D eigenvalue weighted by atomic mass is 10.2. The molecule has 2 rings (SSSR count). The first-order valence-corrected chi connectivity index (χ1v) is 6.77. The number of nitrogens with one attached hydrogen (secondary N) is 1. The highest BCUT2D eigenvalue weighted by Crippen LogP contribution is 2.26. The number of benzene rings is 1. The number of hydrogen-bond donors (Lipinski definition) is 1. The second-order valence-electron chi connectivity index (χ2n) is 4.51. The van der Waals surface area contributed by atoms with Crippen LogP contribution in [0.1, 0.15) is 30.9 Å². The van der Waals surface area contributed by atoms with Crippen LogP contribution < -0.4 is 10.1 Å². The lowest BCUT2D eigenvalue weighted by molar-refractivity contribution is 0.341. The van der Waals surface area contributed by atoms with Crippen LogP contribution >= 0.6 is 0 Å². The van der Waals surface area contributed by atoms with E-state index in [0.717, 1.165) is 29.4 Å². The first-order valence-electron chi connectivity index (χ1n) is 6.77. The molecule has 0 amide bonds. The highest BCUT2D eigenvalue weighted by molar-refractivity contribution is 5.57. The number of rotatable bonds is 6. The highest BCUT2D eigenvalue weighted by Gasteiger charge is 2.05. The van der Waals surface area contributed by atoms with Crippen LogP contribution in [0, 0.1) is 6.92 Å². The van der Waals surface area contributed by atoms with Gasteiger partial charge in [0.2, 0.25) is 0 Å². The van der Waals surface area contributed by atoms with Crippen molar-refractivity contribution in [3.05, 3.63) is 47.4 Å². The molecule has 1 aromatic carbocycles. The van der Waals surface area contributed by atoms with Gasteiger partial charge < -0.3 is 14.5 Å². The predicted molar refractivity (Wildman–Crippen MR) is 77.8 cm³/mol. The number of anilines is 1. The van der Waals surface area contributed by atoms with Crippen molar-refractivity contribution in [1.29, 1.82) is 0 Å². The molecular formula is C16H21NO2. The first-order chi connectivity index (χ1) is 9.22. The topological polar surface area (TPSA) is 34.4 Å². The van der Waals surface area contributed by atoms with Gasteiger partial charge in [-0.1, -0.05) is 13.0 Å². The number of ether oxygens (including phenoxy) is 1. The third kappa shape index (κ3) is 3.53. The molecule has 19 heavy (non-hydrogen) atoms. The molecular weight excluding hydrogens is 238 g/mol. The van der Waals surface area contributed by atoms with Crippen molar-refractivity contribution in [2.45, 2.75) is 33.7 Å². The van der Waals surface area contributed by atoms with Crippen molar-refractivity contribution in [2.75, 3.05) is 11.9 Å². The second kappa shape index (κ2) is 6.32. The molecule has 1 aromatic heterocycles. The molecule has 0 fully saturated rings. The van der Waals surface area contributed by atoms with Gasteiger partial charge in [0.05, 0.1) is 18.8 Å². The Kier molecular flexibility index (Phi) is 4.50. The summed E-state index contributed by atoms with van der Waals surface area (Å²) < 4.78 is 11.3. The monoisotopic (exact) mass is 259 g/mol. The van der Waals surface area contributed by atoms with Gasteiger partial charge in [-0.2, -0.15) is 0 Å². The maximum absolute atomic E-state index is 5.67. The van der Waals surface area contributed by atoms with Gasteiger partial charge in [0.25, 0.3) is 0 Å². The molecule has 0 atom stereocenters. The Balaban J connectivity index is 2.05. The Morgan fingerprint density at radius 3 is 2.58 bits per heavy atom. The Bertz CT molecular complexity index is 531. The maximum Gasteiger partial charge on any atom is 0.142 e. The summed E-state index contributed by atoms with van der Waals surface area (Å²) in [7, 11) is 0. The molecule has 0 aliphatic rings. The van der Waals surface area contributed by atoms with E-state index in [1.807, 2.05) is 31.2 Å². The molecule has 0 aliphatic heterocycles. The van der Waals surface area contributed by atoms with E-state index in [1.165, 1.54) is 5.56 Å². The Labute approximate surface area is 114 Å². The van der Waals surface area contributed by atoms with Gasteiger partial charge in [0, 0.05) is 6.42 Å². The Hall–Kier alpha value is -1.90. The van der Waals surface area contributed by atoms with E-state index in [0.29, 0.717) is 13.2 Å². The van der Waals surface area contributed by atoms with Gasteiger partial charge in [-0.05, 0) is 43.7 Å². The summed E-state index contributed by atoms with van der Waals surface area (Å²) in [6, 6.07) is 10.2. The molecule has 0 unspecified atom stereocenters. The lowest BCUT2D eigenvalue weighted by Crippen LogP contribution is -2.02. The van der Waals surface area contributed by atoms with Crippen molar-refractivity contribution in [3.8, 4) is 5.75 Å². The smallest absolute Gasteiger partial charge is 0.142 e. The molecule has 3 nitrogen and oxygen atoms in total. The molecule has 1 N–H and O–H groups in total. The van der Waals surface area contributed by atoms with Gasteiger partial charge >= 0.3 is 0 Å². The zero-order chi connectivity index (χ0) is 13.7. The van der Waals surface area contributed by atoms with Gasteiger partial charge in [-0.25, -0.2) is 0 Å². The molecule has 0 saturated carbocycles. The van der Waals surface area contributed by atoms with Crippen LogP contribution in [-0.2, 0) is 13.0 Å². The third-order valence-corrected chi connectivity index (χ3v) is 2.96. The zero-order valence-electron chi connectivity index (χ0n) is 11.8. The fourth-order valence-corrected chi connectivity index (χ4v) is 1.94. The minimum Gasteiger partial charge on any atom is -0.492 e. The fourth-order valence-electron chi connectivity index (χ4n) is 1.94. The summed E-state index contributed by atoms with van der Waals surface area (Å²) in [6.07, 6.45) is 0.925. The average Bonchev–Trinajstić information content (AvgIpc) is 2.86. The number of hydrogen-bond acceptors (Lipinski definition) is 3. The van der Waals surface area contributed by atoms with Crippen LogP contribution in [0.4, 0.5) is 5.69 Å². The van der Waals surface area contributed by atoms with Crippen LogP contribution in [-0.4, -0.2) is 6.61 Å². The fraction of sp³-hybridized carbons (Fsp3) is 0.375. The largest absolute Gasteiger partial charge is 0.492 e. The first kappa shape index (κ1) is 13.5. The normalized spacial score (nSPS) is 10.5. The van der Waals surface area contributed by atoms with Gasteiger partial charge in [0.1, 0.15) is 17.3 Å². The summed E-state index contributed by atoms with van der Waals surface area (Å²) >= 11 is 0. The van der Waals surface area contributed by atoms with E-state index in [4.69, 9.17) is 9.15 Å². The lowest BCUT2D eigenvalue weighted by Gasteiger charge is -2.12. The average molecular weight is 259 g/mol. The minimum absolute atomic E-state index is 0.666.